The number of rotatable bonds is 5. The quantitative estimate of drug-likeness (QED) is 0.246. The highest BCUT2D eigenvalue weighted by Crippen LogP contribution is 2.32. The van der Waals surface area contributed by atoms with E-state index >= 15 is 0 Å². The molecule has 0 spiro atoms. The highest BCUT2D eigenvalue weighted by molar-refractivity contribution is 5.92. The average Bonchev–Trinajstić information content (AvgIpc) is 3.80. The summed E-state index contributed by atoms with van der Waals surface area (Å²) in [6.45, 7) is 26.8. The van der Waals surface area contributed by atoms with Gasteiger partial charge in [0.15, 0.2) is 0 Å². The van der Waals surface area contributed by atoms with E-state index < -0.39 is 11.9 Å². The van der Waals surface area contributed by atoms with Crippen LogP contribution in [-0.2, 0) is 0 Å². The number of carbonyl (C=O) groups excluding carboxylic acids is 1. The van der Waals surface area contributed by atoms with Crippen LogP contribution in [-0.4, -0.2) is 112 Å². The number of piperidine rings is 3. The minimum atomic E-state index is -0.909. The monoisotopic (exact) mass is 739 g/mol. The van der Waals surface area contributed by atoms with Crippen LogP contribution in [0, 0.1) is 0 Å². The molecule has 53 heavy (non-hydrogen) atoms. The van der Waals surface area contributed by atoms with Crippen molar-refractivity contribution in [1.29, 1.82) is 0 Å². The number of amides is 1. The Hall–Kier alpha value is -3.74. The lowest BCUT2D eigenvalue weighted by Crippen LogP contribution is -2.46. The zero-order valence-corrected chi connectivity index (χ0v) is 33.8. The van der Waals surface area contributed by atoms with E-state index in [4.69, 9.17) is 10.8 Å². The molecule has 3 aliphatic heterocycles. The fourth-order valence-electron chi connectivity index (χ4n) is 7.55. The van der Waals surface area contributed by atoms with Gasteiger partial charge >= 0.3 is 5.97 Å². The van der Waals surface area contributed by atoms with Crippen molar-refractivity contribution in [3.8, 4) is 5.75 Å². The first kappa shape index (κ1) is 42.0. The number of aromatic nitrogens is 4. The Morgan fingerprint density at radius 3 is 1.32 bits per heavy atom. The molecule has 3 aromatic rings. The van der Waals surface area contributed by atoms with Crippen molar-refractivity contribution in [2.75, 3.05) is 39.3 Å². The first-order chi connectivity index (χ1) is 24.7. The summed E-state index contributed by atoms with van der Waals surface area (Å²) in [7, 11) is 0. The van der Waals surface area contributed by atoms with Gasteiger partial charge < -0.3 is 15.9 Å². The van der Waals surface area contributed by atoms with Crippen LogP contribution < -0.4 is 5.73 Å². The summed E-state index contributed by atoms with van der Waals surface area (Å²) in [6, 6.07) is 8.43. The number of carbonyl (C=O) groups is 2. The first-order valence-electron chi connectivity index (χ1n) is 19.4. The first-order valence-corrected chi connectivity index (χ1v) is 19.4. The molecular weight excluding hydrogens is 669 g/mol. The summed E-state index contributed by atoms with van der Waals surface area (Å²) in [5.41, 5.74) is 8.10. The molecule has 1 aromatic carbocycles. The van der Waals surface area contributed by atoms with Crippen molar-refractivity contribution >= 4 is 11.9 Å². The second kappa shape index (κ2) is 17.6. The van der Waals surface area contributed by atoms with Crippen LogP contribution in [0.3, 0.4) is 0 Å². The third kappa shape index (κ3) is 12.1. The molecular formula is C41H70N8O4. The number of carboxylic acid groups (broad SMARTS) is 1. The van der Waals surface area contributed by atoms with Gasteiger partial charge in [-0.3, -0.25) is 28.9 Å². The molecule has 1 amide bonds. The molecule has 298 valence electrons. The fourth-order valence-corrected chi connectivity index (χ4v) is 7.55. The minimum absolute atomic E-state index is 0. The molecule has 6 rings (SSSR count). The number of nitrogens with two attached hydrogens (primary N) is 1. The van der Waals surface area contributed by atoms with E-state index in [1.54, 1.807) is 30.7 Å². The van der Waals surface area contributed by atoms with Gasteiger partial charge in [0.2, 0.25) is 0 Å². The smallest absolute Gasteiger partial charge is 0.338 e. The maximum atomic E-state index is 11.0. The summed E-state index contributed by atoms with van der Waals surface area (Å²) in [4.78, 5) is 29.4. The van der Waals surface area contributed by atoms with Crippen LogP contribution in [0.4, 0.5) is 0 Å². The molecule has 5 heterocycles. The summed E-state index contributed by atoms with van der Waals surface area (Å²) >= 11 is 0. The number of carboxylic acids is 1. The molecule has 0 atom stereocenters. The topological polar surface area (TPSA) is 146 Å². The van der Waals surface area contributed by atoms with Crippen molar-refractivity contribution in [2.45, 2.75) is 135 Å². The average molecular weight is 739 g/mol. The largest absolute Gasteiger partial charge is 0.508 e. The lowest BCUT2D eigenvalue weighted by atomic mass is 9.87. The summed E-state index contributed by atoms with van der Waals surface area (Å²) in [6.07, 6.45) is 13.0. The Labute approximate surface area is 320 Å². The van der Waals surface area contributed by atoms with Gasteiger partial charge in [-0.2, -0.15) is 10.2 Å². The van der Waals surface area contributed by atoms with Crippen LogP contribution in [0.15, 0.2) is 49.1 Å². The van der Waals surface area contributed by atoms with E-state index in [-0.39, 0.29) is 19.5 Å². The molecule has 4 N–H and O–H groups in total. The Balaban J connectivity index is 0.000000280. The lowest BCUT2D eigenvalue weighted by molar-refractivity contribution is 0.0696. The predicted molar refractivity (Wildman–Crippen MR) is 215 cm³/mol. The fraction of sp³-hybridized carbons (Fsp3) is 0.659. The van der Waals surface area contributed by atoms with Gasteiger partial charge in [-0.1, -0.05) is 12.1 Å². The van der Waals surface area contributed by atoms with Crippen molar-refractivity contribution in [3.63, 3.8) is 0 Å². The lowest BCUT2D eigenvalue weighted by Gasteiger charge is -2.41. The van der Waals surface area contributed by atoms with Crippen LogP contribution >= 0.6 is 0 Å². The number of benzene rings is 1. The number of phenolic OH excluding ortho intramolecular Hbond substituents is 1. The third-order valence-corrected chi connectivity index (χ3v) is 11.1. The number of aromatic hydroxyl groups is 1. The SMILES string of the molecule is CC(C)(C)N1CCC(c2ccc(O)cc2)CC1.CC(C)(C)N1CCC(n2cc(C(=O)O)cn2)CC1.CC(C)(C)N1CCC(n2cc(C(N)=O)cn2)CC1.[HH].[HH]. The normalized spacial score (nSPS) is 19.2. The van der Waals surface area contributed by atoms with E-state index in [1.807, 2.05) is 9.36 Å². The van der Waals surface area contributed by atoms with E-state index in [0.717, 1.165) is 51.9 Å². The van der Waals surface area contributed by atoms with Gasteiger partial charge in [-0.25, -0.2) is 4.79 Å². The Morgan fingerprint density at radius 2 is 1.00 bits per heavy atom. The maximum Gasteiger partial charge on any atom is 0.338 e. The summed E-state index contributed by atoms with van der Waals surface area (Å²) < 4.78 is 3.70. The number of phenols is 1. The number of hydrogen-bond donors (Lipinski definition) is 3. The van der Waals surface area contributed by atoms with Crippen LogP contribution in [0.5, 0.6) is 5.75 Å². The predicted octanol–water partition coefficient (Wildman–Crippen LogP) is 7.30. The van der Waals surface area contributed by atoms with Gasteiger partial charge in [-0.15, -0.1) is 0 Å². The second-order valence-electron chi connectivity index (χ2n) is 17.9. The zero-order chi connectivity index (χ0) is 39.1. The highest BCUT2D eigenvalue weighted by Gasteiger charge is 2.30. The molecule has 3 saturated heterocycles. The van der Waals surface area contributed by atoms with Gasteiger partial charge in [0.05, 0.1) is 35.6 Å². The summed E-state index contributed by atoms with van der Waals surface area (Å²) in [5, 5.41) is 26.6. The van der Waals surface area contributed by atoms with Crippen molar-refractivity contribution < 1.29 is 22.7 Å². The van der Waals surface area contributed by atoms with Crippen molar-refractivity contribution in [3.05, 3.63) is 65.7 Å². The molecule has 0 radical (unpaired) electrons. The molecule has 12 nitrogen and oxygen atoms in total. The molecule has 0 bridgehead atoms. The number of hydrogen-bond acceptors (Lipinski definition) is 8. The maximum absolute atomic E-state index is 11.0. The van der Waals surface area contributed by atoms with Crippen LogP contribution in [0.25, 0.3) is 0 Å². The standard InChI is InChI=1S/C15H23NO.C13H22N4O.C13H21N3O2.2H2/c1-15(2,3)16-10-8-13(9-11-16)12-4-6-14(17)7-5-12;1-13(2,3)16-6-4-11(5-7-16)17-9-10(8-15-17)12(14)18;1-13(2,3)15-6-4-11(5-7-15)16-9-10(8-14-16)12(17)18;;/h4-7,13,17H,8-11H2,1-3H3;8-9,11H,4-7H2,1-3H3,(H2,14,18);8-9,11H,4-7H2,1-3H3,(H,17,18);2*1H. The molecule has 0 unspecified atom stereocenters. The highest BCUT2D eigenvalue weighted by atomic mass is 16.4. The molecule has 3 aliphatic rings. The van der Waals surface area contributed by atoms with Crippen LogP contribution in [0.2, 0.25) is 0 Å². The van der Waals surface area contributed by atoms with Gasteiger partial charge in [-0.05, 0) is 138 Å². The Kier molecular flexibility index (Phi) is 13.9. The third-order valence-electron chi connectivity index (χ3n) is 11.1. The Bertz CT molecular complexity index is 1520. The Morgan fingerprint density at radius 1 is 0.642 bits per heavy atom. The summed E-state index contributed by atoms with van der Waals surface area (Å²) in [5.74, 6) is -0.295. The minimum Gasteiger partial charge on any atom is -0.508 e. The molecule has 0 aliphatic carbocycles. The number of primary amides is 1. The number of likely N-dealkylation sites (tertiary alicyclic amines) is 3. The number of nitrogens with zero attached hydrogens (tertiary/aromatic N) is 7. The van der Waals surface area contributed by atoms with Gasteiger partial charge in [0.25, 0.3) is 5.91 Å². The van der Waals surface area contributed by atoms with E-state index in [9.17, 15) is 14.7 Å². The van der Waals surface area contributed by atoms with Crippen molar-refractivity contribution in [1.82, 2.24) is 34.3 Å². The molecule has 12 heteroatoms. The zero-order valence-electron chi connectivity index (χ0n) is 33.8. The van der Waals surface area contributed by atoms with Crippen LogP contribution in [0.1, 0.15) is 148 Å². The molecule has 0 saturated carbocycles. The van der Waals surface area contributed by atoms with E-state index in [2.05, 4.69) is 99.3 Å². The van der Waals surface area contributed by atoms with E-state index in [1.165, 1.54) is 37.7 Å². The number of aromatic carboxylic acids is 1. The molecule has 3 fully saturated rings. The molecule has 2 aromatic heterocycles. The second-order valence-corrected chi connectivity index (χ2v) is 17.9. The van der Waals surface area contributed by atoms with E-state index in [0.29, 0.717) is 34.9 Å². The van der Waals surface area contributed by atoms with Crippen molar-refractivity contribution in [2.24, 2.45) is 5.73 Å². The van der Waals surface area contributed by atoms with Gasteiger partial charge in [0.1, 0.15) is 5.75 Å². The van der Waals surface area contributed by atoms with Gasteiger partial charge in [0, 0.05) is 58.0 Å².